The molecule has 3 nitrogen and oxygen atoms in total. The van der Waals surface area contributed by atoms with Crippen LogP contribution in [-0.2, 0) is 0 Å². The highest BCUT2D eigenvalue weighted by Gasteiger charge is 2.07. The zero-order valence-electron chi connectivity index (χ0n) is 7.59. The summed E-state index contributed by atoms with van der Waals surface area (Å²) in [5.74, 6) is 0. The molecule has 74 valence electrons. The zero-order chi connectivity index (χ0) is 10.3. The quantitative estimate of drug-likeness (QED) is 0.685. The molecule has 0 atom stereocenters. The molecule has 0 N–H and O–H groups in total. The fourth-order valence-corrected chi connectivity index (χ4v) is 2.64. The van der Waals surface area contributed by atoms with E-state index in [4.69, 9.17) is 0 Å². The number of halogens is 1. The summed E-state index contributed by atoms with van der Waals surface area (Å²) in [6.07, 6.45) is 1.94. The van der Waals surface area contributed by atoms with Gasteiger partial charge in [0.15, 0.2) is 3.92 Å². The van der Waals surface area contributed by atoms with Gasteiger partial charge in [-0.25, -0.2) is 9.50 Å². The second-order valence-corrected chi connectivity index (χ2v) is 5.31. The smallest absolute Gasteiger partial charge is 0.213 e. The van der Waals surface area contributed by atoms with Crippen molar-refractivity contribution in [2.24, 2.45) is 0 Å². The standard InChI is InChI=1S/C10H6BrN3S/c11-9-13-14-6-8(12-10(14)15-9)7-4-2-1-3-5-7/h1-6H. The van der Waals surface area contributed by atoms with Crippen molar-refractivity contribution < 1.29 is 0 Å². The molecule has 1 aromatic carbocycles. The van der Waals surface area contributed by atoms with Crippen LogP contribution in [0.15, 0.2) is 40.4 Å². The lowest BCUT2D eigenvalue weighted by atomic mass is 10.2. The van der Waals surface area contributed by atoms with Gasteiger partial charge in [0, 0.05) is 5.56 Å². The van der Waals surface area contributed by atoms with Crippen molar-refractivity contribution in [1.29, 1.82) is 0 Å². The van der Waals surface area contributed by atoms with Crippen LogP contribution in [0.4, 0.5) is 0 Å². The zero-order valence-corrected chi connectivity index (χ0v) is 9.99. The Bertz CT molecular complexity index is 568. The normalized spacial score (nSPS) is 11.0. The molecule has 0 unspecified atom stereocenters. The summed E-state index contributed by atoms with van der Waals surface area (Å²) in [6.45, 7) is 0. The summed E-state index contributed by atoms with van der Waals surface area (Å²) in [5.41, 5.74) is 2.08. The number of imidazole rings is 1. The van der Waals surface area contributed by atoms with Gasteiger partial charge in [-0.2, -0.15) is 0 Å². The van der Waals surface area contributed by atoms with Crippen molar-refractivity contribution in [3.63, 3.8) is 0 Å². The molecule has 0 fully saturated rings. The Morgan fingerprint density at radius 1 is 1.20 bits per heavy atom. The van der Waals surface area contributed by atoms with Crippen LogP contribution in [0.3, 0.4) is 0 Å². The highest BCUT2D eigenvalue weighted by Crippen LogP contribution is 2.23. The third kappa shape index (κ3) is 1.57. The minimum Gasteiger partial charge on any atom is -0.217 e. The Kier molecular flexibility index (Phi) is 2.07. The molecule has 0 aliphatic heterocycles. The number of hydrogen-bond donors (Lipinski definition) is 0. The first-order chi connectivity index (χ1) is 7.33. The Labute approximate surface area is 98.5 Å². The van der Waals surface area contributed by atoms with Crippen LogP contribution in [0.5, 0.6) is 0 Å². The predicted octanol–water partition coefficient (Wildman–Crippen LogP) is 3.22. The van der Waals surface area contributed by atoms with Crippen molar-refractivity contribution >= 4 is 32.2 Å². The van der Waals surface area contributed by atoms with E-state index in [0.717, 1.165) is 20.1 Å². The average Bonchev–Trinajstić information content (AvgIpc) is 2.76. The lowest BCUT2D eigenvalue weighted by Crippen LogP contribution is -1.78. The van der Waals surface area contributed by atoms with E-state index in [9.17, 15) is 0 Å². The molecule has 3 aromatic rings. The van der Waals surface area contributed by atoms with Gasteiger partial charge in [-0.3, -0.25) is 0 Å². The SMILES string of the molecule is Brc1nn2cc(-c3ccccc3)nc2s1. The van der Waals surface area contributed by atoms with Crippen LogP contribution < -0.4 is 0 Å². The third-order valence-electron chi connectivity index (χ3n) is 2.09. The molecule has 2 aromatic heterocycles. The monoisotopic (exact) mass is 279 g/mol. The highest BCUT2D eigenvalue weighted by atomic mass is 79.9. The summed E-state index contributed by atoms with van der Waals surface area (Å²) in [4.78, 5) is 5.40. The molecular formula is C10H6BrN3S. The molecule has 0 aliphatic carbocycles. The first-order valence-corrected chi connectivity index (χ1v) is 6.01. The maximum absolute atomic E-state index is 4.49. The van der Waals surface area contributed by atoms with Crippen LogP contribution in [-0.4, -0.2) is 14.6 Å². The maximum Gasteiger partial charge on any atom is 0.213 e. The molecule has 2 heterocycles. The van der Waals surface area contributed by atoms with Gasteiger partial charge < -0.3 is 0 Å². The average molecular weight is 280 g/mol. The summed E-state index contributed by atoms with van der Waals surface area (Å²) in [7, 11) is 0. The first kappa shape index (κ1) is 9.06. The fourth-order valence-electron chi connectivity index (χ4n) is 1.42. The van der Waals surface area contributed by atoms with Crippen LogP contribution in [0.2, 0.25) is 0 Å². The maximum atomic E-state index is 4.49. The third-order valence-corrected chi connectivity index (χ3v) is 3.44. The molecule has 3 rings (SSSR count). The van der Waals surface area contributed by atoms with E-state index in [0.29, 0.717) is 0 Å². The van der Waals surface area contributed by atoms with E-state index in [-0.39, 0.29) is 0 Å². The van der Waals surface area contributed by atoms with Gasteiger partial charge in [0.25, 0.3) is 0 Å². The summed E-state index contributed by atoms with van der Waals surface area (Å²) in [5, 5.41) is 4.25. The van der Waals surface area contributed by atoms with Gasteiger partial charge in [-0.15, -0.1) is 5.10 Å². The number of benzene rings is 1. The van der Waals surface area contributed by atoms with E-state index >= 15 is 0 Å². The van der Waals surface area contributed by atoms with Gasteiger partial charge in [0.1, 0.15) is 0 Å². The van der Waals surface area contributed by atoms with Crippen LogP contribution in [0.25, 0.3) is 16.2 Å². The van der Waals surface area contributed by atoms with Crippen molar-refractivity contribution in [3.8, 4) is 11.3 Å². The molecular weight excluding hydrogens is 274 g/mol. The van der Waals surface area contributed by atoms with Crippen LogP contribution >= 0.6 is 27.3 Å². The number of nitrogens with zero attached hydrogens (tertiary/aromatic N) is 3. The number of hydrogen-bond acceptors (Lipinski definition) is 3. The summed E-state index contributed by atoms with van der Waals surface area (Å²) in [6, 6.07) is 10.1. The number of aromatic nitrogens is 3. The Morgan fingerprint density at radius 3 is 2.73 bits per heavy atom. The van der Waals surface area contributed by atoms with E-state index in [1.54, 1.807) is 4.52 Å². The molecule has 5 heteroatoms. The van der Waals surface area contributed by atoms with Crippen LogP contribution in [0, 0.1) is 0 Å². The Morgan fingerprint density at radius 2 is 2.00 bits per heavy atom. The molecule has 0 radical (unpaired) electrons. The van der Waals surface area contributed by atoms with Crippen molar-refractivity contribution in [1.82, 2.24) is 14.6 Å². The van der Waals surface area contributed by atoms with Gasteiger partial charge >= 0.3 is 0 Å². The van der Waals surface area contributed by atoms with E-state index < -0.39 is 0 Å². The molecule has 0 aliphatic rings. The first-order valence-electron chi connectivity index (χ1n) is 4.40. The van der Waals surface area contributed by atoms with E-state index in [1.807, 2.05) is 36.5 Å². The topological polar surface area (TPSA) is 30.2 Å². The Hall–Kier alpha value is -1.20. The number of rotatable bonds is 1. The lowest BCUT2D eigenvalue weighted by molar-refractivity contribution is 0.959. The molecule has 0 bridgehead atoms. The van der Waals surface area contributed by atoms with Crippen molar-refractivity contribution in [2.75, 3.05) is 0 Å². The summed E-state index contributed by atoms with van der Waals surface area (Å²) < 4.78 is 2.64. The molecule has 0 saturated carbocycles. The molecule has 0 amide bonds. The molecule has 0 spiro atoms. The van der Waals surface area contributed by atoms with Gasteiger partial charge in [0.2, 0.25) is 4.96 Å². The minimum absolute atomic E-state index is 0.851. The number of fused-ring (bicyclic) bond motifs is 1. The van der Waals surface area contributed by atoms with Crippen molar-refractivity contribution in [2.45, 2.75) is 0 Å². The van der Waals surface area contributed by atoms with Crippen molar-refractivity contribution in [3.05, 3.63) is 40.4 Å². The second-order valence-electron chi connectivity index (χ2n) is 3.07. The lowest BCUT2D eigenvalue weighted by Gasteiger charge is -1.92. The predicted molar refractivity (Wildman–Crippen MR) is 64.0 cm³/mol. The molecule has 15 heavy (non-hydrogen) atoms. The van der Waals surface area contributed by atoms with Gasteiger partial charge in [-0.1, -0.05) is 41.7 Å². The highest BCUT2D eigenvalue weighted by molar-refractivity contribution is 9.11. The van der Waals surface area contributed by atoms with Crippen LogP contribution in [0.1, 0.15) is 0 Å². The second kappa shape index (κ2) is 3.43. The molecule has 0 saturated heterocycles. The van der Waals surface area contributed by atoms with E-state index in [2.05, 4.69) is 26.0 Å². The Balaban J connectivity index is 2.16. The largest absolute Gasteiger partial charge is 0.217 e. The van der Waals surface area contributed by atoms with Gasteiger partial charge in [0.05, 0.1) is 11.9 Å². The summed E-state index contributed by atoms with van der Waals surface area (Å²) >= 11 is 4.86. The minimum atomic E-state index is 0.851. The van der Waals surface area contributed by atoms with E-state index in [1.165, 1.54) is 11.3 Å². The fraction of sp³-hybridized carbons (Fsp3) is 0. The van der Waals surface area contributed by atoms with Gasteiger partial charge in [-0.05, 0) is 15.9 Å².